The Morgan fingerprint density at radius 2 is 2.25 bits per heavy atom. The average molecular weight is 243 g/mol. The van der Waals surface area contributed by atoms with Crippen LogP contribution in [0.15, 0.2) is 18.2 Å². The number of anilines is 1. The van der Waals surface area contributed by atoms with Crippen LogP contribution in [-0.2, 0) is 0 Å². The van der Waals surface area contributed by atoms with E-state index in [-0.39, 0.29) is 10.8 Å². The predicted octanol–water partition coefficient (Wildman–Crippen LogP) is 2.98. The minimum absolute atomic E-state index is 0.171. The first kappa shape index (κ1) is 11.7. The number of hydrogen-bond acceptors (Lipinski definition) is 2. The standard InChI is InChI=1S/C12H16ClFN2/c1-8-5-10(7-16(8)2)15-9-3-4-12(14)11(13)6-9/h3-4,6,8,10,15H,5,7H2,1-2H3. The predicted molar refractivity (Wildman–Crippen MR) is 65.5 cm³/mol. The van der Waals surface area contributed by atoms with E-state index >= 15 is 0 Å². The summed E-state index contributed by atoms with van der Waals surface area (Å²) in [5.74, 6) is -0.371. The van der Waals surface area contributed by atoms with Crippen LogP contribution >= 0.6 is 11.6 Å². The van der Waals surface area contributed by atoms with Crippen LogP contribution in [0.1, 0.15) is 13.3 Å². The molecule has 2 rings (SSSR count). The molecule has 1 aliphatic heterocycles. The number of rotatable bonds is 2. The maximum Gasteiger partial charge on any atom is 0.141 e. The van der Waals surface area contributed by atoms with Gasteiger partial charge in [-0.05, 0) is 38.6 Å². The van der Waals surface area contributed by atoms with E-state index < -0.39 is 0 Å². The first-order valence-corrected chi connectivity index (χ1v) is 5.86. The molecule has 1 aromatic rings. The minimum atomic E-state index is -0.371. The Kier molecular flexibility index (Phi) is 3.36. The zero-order chi connectivity index (χ0) is 11.7. The number of likely N-dealkylation sites (N-methyl/N-ethyl adjacent to an activating group) is 1. The normalized spacial score (nSPS) is 26.0. The Balaban J connectivity index is 2.02. The molecule has 1 heterocycles. The topological polar surface area (TPSA) is 15.3 Å². The van der Waals surface area contributed by atoms with Crippen LogP contribution in [0.2, 0.25) is 5.02 Å². The van der Waals surface area contributed by atoms with Gasteiger partial charge in [0.2, 0.25) is 0 Å². The van der Waals surface area contributed by atoms with Gasteiger partial charge in [0.15, 0.2) is 0 Å². The second kappa shape index (κ2) is 4.60. The fourth-order valence-corrected chi connectivity index (χ4v) is 2.30. The van der Waals surface area contributed by atoms with Crippen molar-refractivity contribution in [2.24, 2.45) is 0 Å². The van der Waals surface area contributed by atoms with E-state index in [0.29, 0.717) is 12.1 Å². The van der Waals surface area contributed by atoms with Gasteiger partial charge in [-0.2, -0.15) is 0 Å². The number of likely N-dealkylation sites (tertiary alicyclic amines) is 1. The Morgan fingerprint density at radius 3 is 2.81 bits per heavy atom. The van der Waals surface area contributed by atoms with Gasteiger partial charge in [0.05, 0.1) is 5.02 Å². The van der Waals surface area contributed by atoms with Crippen LogP contribution in [0.5, 0.6) is 0 Å². The summed E-state index contributed by atoms with van der Waals surface area (Å²) in [6.45, 7) is 3.22. The molecule has 0 radical (unpaired) electrons. The van der Waals surface area contributed by atoms with E-state index in [4.69, 9.17) is 11.6 Å². The number of nitrogens with one attached hydrogen (secondary N) is 1. The maximum absolute atomic E-state index is 13.0. The highest BCUT2D eigenvalue weighted by Gasteiger charge is 2.25. The van der Waals surface area contributed by atoms with Gasteiger partial charge in [-0.25, -0.2) is 4.39 Å². The van der Waals surface area contributed by atoms with E-state index in [9.17, 15) is 4.39 Å². The summed E-state index contributed by atoms with van der Waals surface area (Å²) < 4.78 is 13.0. The van der Waals surface area contributed by atoms with E-state index in [1.165, 1.54) is 6.07 Å². The van der Waals surface area contributed by atoms with Crippen molar-refractivity contribution in [2.75, 3.05) is 18.9 Å². The molecule has 4 heteroatoms. The van der Waals surface area contributed by atoms with Crippen molar-refractivity contribution < 1.29 is 4.39 Å². The molecule has 0 aromatic heterocycles. The van der Waals surface area contributed by atoms with Gasteiger partial charge in [-0.15, -0.1) is 0 Å². The highest BCUT2D eigenvalue weighted by Crippen LogP contribution is 2.23. The summed E-state index contributed by atoms with van der Waals surface area (Å²) in [6, 6.07) is 5.77. The molecule has 16 heavy (non-hydrogen) atoms. The van der Waals surface area contributed by atoms with Crippen molar-refractivity contribution in [3.8, 4) is 0 Å². The molecule has 0 amide bonds. The number of halogens is 2. The van der Waals surface area contributed by atoms with Crippen LogP contribution in [0.4, 0.5) is 10.1 Å². The molecule has 1 aliphatic rings. The summed E-state index contributed by atoms with van der Waals surface area (Å²) in [7, 11) is 2.12. The minimum Gasteiger partial charge on any atom is -0.381 e. The first-order valence-electron chi connectivity index (χ1n) is 5.48. The van der Waals surface area contributed by atoms with Crippen molar-refractivity contribution in [1.82, 2.24) is 4.90 Å². The van der Waals surface area contributed by atoms with Gasteiger partial charge < -0.3 is 10.2 Å². The molecular weight excluding hydrogens is 227 g/mol. The van der Waals surface area contributed by atoms with Crippen LogP contribution in [0, 0.1) is 5.82 Å². The first-order chi connectivity index (χ1) is 7.56. The smallest absolute Gasteiger partial charge is 0.141 e. The molecule has 0 spiro atoms. The van der Waals surface area contributed by atoms with Gasteiger partial charge in [0, 0.05) is 24.3 Å². The Bertz CT molecular complexity index is 373. The SMILES string of the molecule is CC1CC(Nc2ccc(F)c(Cl)c2)CN1C. The molecule has 0 aliphatic carbocycles. The summed E-state index contributed by atoms with van der Waals surface area (Å²) in [4.78, 5) is 2.31. The molecule has 88 valence electrons. The third-order valence-electron chi connectivity index (χ3n) is 3.18. The average Bonchev–Trinajstić information content (AvgIpc) is 2.52. The van der Waals surface area contributed by atoms with Crippen LogP contribution in [-0.4, -0.2) is 30.6 Å². The van der Waals surface area contributed by atoms with Crippen molar-refractivity contribution in [3.05, 3.63) is 29.0 Å². The molecule has 1 aromatic carbocycles. The molecule has 1 N–H and O–H groups in total. The van der Waals surface area contributed by atoms with Crippen LogP contribution in [0.3, 0.4) is 0 Å². The van der Waals surface area contributed by atoms with Crippen molar-refractivity contribution in [2.45, 2.75) is 25.4 Å². The highest BCUT2D eigenvalue weighted by atomic mass is 35.5. The number of nitrogens with zero attached hydrogens (tertiary/aromatic N) is 1. The number of benzene rings is 1. The van der Waals surface area contributed by atoms with E-state index in [1.54, 1.807) is 12.1 Å². The fourth-order valence-electron chi connectivity index (χ4n) is 2.12. The number of hydrogen-bond donors (Lipinski definition) is 1. The molecule has 2 nitrogen and oxygen atoms in total. The van der Waals surface area contributed by atoms with Gasteiger partial charge in [0.25, 0.3) is 0 Å². The molecular formula is C12H16ClFN2. The zero-order valence-electron chi connectivity index (χ0n) is 9.50. The van der Waals surface area contributed by atoms with E-state index in [1.807, 2.05) is 0 Å². The second-order valence-electron chi connectivity index (χ2n) is 4.49. The lowest BCUT2D eigenvalue weighted by molar-refractivity contribution is 0.330. The summed E-state index contributed by atoms with van der Waals surface area (Å²) in [6.07, 6.45) is 1.10. The monoisotopic (exact) mass is 242 g/mol. The summed E-state index contributed by atoms with van der Waals surface area (Å²) >= 11 is 5.73. The Hall–Kier alpha value is -0.800. The molecule has 2 atom stereocenters. The van der Waals surface area contributed by atoms with Gasteiger partial charge >= 0.3 is 0 Å². The lowest BCUT2D eigenvalue weighted by Crippen LogP contribution is -2.24. The maximum atomic E-state index is 13.0. The fraction of sp³-hybridized carbons (Fsp3) is 0.500. The third-order valence-corrected chi connectivity index (χ3v) is 3.47. The highest BCUT2D eigenvalue weighted by molar-refractivity contribution is 6.31. The van der Waals surface area contributed by atoms with Gasteiger partial charge in [0.1, 0.15) is 5.82 Å². The quantitative estimate of drug-likeness (QED) is 0.858. The Morgan fingerprint density at radius 1 is 1.50 bits per heavy atom. The Labute approximate surface area is 100 Å². The lowest BCUT2D eigenvalue weighted by atomic mass is 10.2. The molecule has 2 unspecified atom stereocenters. The summed E-state index contributed by atoms with van der Waals surface area (Å²) in [5, 5.41) is 3.55. The molecule has 1 fully saturated rings. The van der Waals surface area contributed by atoms with Crippen molar-refractivity contribution in [3.63, 3.8) is 0 Å². The molecule has 1 saturated heterocycles. The van der Waals surface area contributed by atoms with Gasteiger partial charge in [-0.1, -0.05) is 11.6 Å². The van der Waals surface area contributed by atoms with Crippen molar-refractivity contribution in [1.29, 1.82) is 0 Å². The molecule has 0 bridgehead atoms. The van der Waals surface area contributed by atoms with Crippen LogP contribution in [0.25, 0.3) is 0 Å². The summed E-state index contributed by atoms with van der Waals surface area (Å²) in [5.41, 5.74) is 0.888. The lowest BCUT2D eigenvalue weighted by Gasteiger charge is -2.14. The molecule has 0 saturated carbocycles. The van der Waals surface area contributed by atoms with Crippen molar-refractivity contribution >= 4 is 17.3 Å². The zero-order valence-corrected chi connectivity index (χ0v) is 10.3. The largest absolute Gasteiger partial charge is 0.381 e. The van der Waals surface area contributed by atoms with Gasteiger partial charge in [-0.3, -0.25) is 0 Å². The third kappa shape index (κ3) is 2.47. The second-order valence-corrected chi connectivity index (χ2v) is 4.90. The van der Waals surface area contributed by atoms with Crippen LogP contribution < -0.4 is 5.32 Å². The van der Waals surface area contributed by atoms with E-state index in [0.717, 1.165) is 18.7 Å². The van der Waals surface area contributed by atoms with E-state index in [2.05, 4.69) is 24.2 Å².